The number of rotatable bonds is 7. The van der Waals surface area contributed by atoms with Crippen LogP contribution in [0.25, 0.3) is 10.8 Å². The van der Waals surface area contributed by atoms with Crippen molar-refractivity contribution in [3.63, 3.8) is 0 Å². The number of nitrogens with one attached hydrogen (secondary N) is 1. The summed E-state index contributed by atoms with van der Waals surface area (Å²) < 4.78 is 31.6. The van der Waals surface area contributed by atoms with Gasteiger partial charge in [-0.05, 0) is 47.9 Å². The number of benzene rings is 3. The van der Waals surface area contributed by atoms with Crippen LogP contribution in [0.1, 0.15) is 18.1 Å². The lowest BCUT2D eigenvalue weighted by molar-refractivity contribution is -0.122. The van der Waals surface area contributed by atoms with Crippen LogP contribution in [0.15, 0.2) is 60.7 Å². The van der Waals surface area contributed by atoms with Crippen LogP contribution in [0.3, 0.4) is 0 Å². The highest BCUT2D eigenvalue weighted by Crippen LogP contribution is 2.32. The molecule has 0 saturated heterocycles. The van der Waals surface area contributed by atoms with Gasteiger partial charge in [-0.1, -0.05) is 48.5 Å². The molecule has 0 heterocycles. The second kappa shape index (κ2) is 8.75. The molecule has 0 saturated carbocycles. The van der Waals surface area contributed by atoms with Gasteiger partial charge in [-0.3, -0.25) is 9.10 Å². The molecule has 0 spiro atoms. The number of ether oxygens (including phenoxy) is 1. The Balaban J connectivity index is 1.87. The number of aryl methyl sites for hydroxylation is 1. The number of carbonyl (C=O) groups excluding carboxylic acids is 1. The number of anilines is 1. The lowest BCUT2D eigenvalue weighted by Crippen LogP contribution is -2.47. The lowest BCUT2D eigenvalue weighted by atomic mass is 10.0. The maximum atomic E-state index is 12.9. The second-order valence-electron chi connectivity index (χ2n) is 7.27. The zero-order valence-corrected chi connectivity index (χ0v) is 18.4. The number of amides is 1. The van der Waals surface area contributed by atoms with E-state index in [2.05, 4.69) is 5.32 Å². The van der Waals surface area contributed by atoms with Gasteiger partial charge in [0, 0.05) is 6.54 Å². The minimum atomic E-state index is -3.74. The predicted octanol–water partition coefficient (Wildman–Crippen LogP) is 3.63. The largest absolute Gasteiger partial charge is 0.495 e. The van der Waals surface area contributed by atoms with E-state index in [0.717, 1.165) is 32.5 Å². The number of carbonyl (C=O) groups is 1. The summed E-state index contributed by atoms with van der Waals surface area (Å²) >= 11 is 0. The number of hydrogen-bond acceptors (Lipinski definition) is 4. The smallest absolute Gasteiger partial charge is 0.243 e. The van der Waals surface area contributed by atoms with Gasteiger partial charge in [0.2, 0.25) is 15.9 Å². The average molecular weight is 427 g/mol. The van der Waals surface area contributed by atoms with E-state index in [-0.39, 0.29) is 0 Å². The third kappa shape index (κ3) is 4.57. The SMILES string of the molecule is COc1ccc(C)cc1N([C@H](C)C(=O)NCc1cccc2ccccc12)S(C)(=O)=O. The first-order chi connectivity index (χ1) is 14.2. The molecule has 0 fully saturated rings. The number of methoxy groups -OCH3 is 1. The molecule has 1 N–H and O–H groups in total. The maximum Gasteiger partial charge on any atom is 0.243 e. The number of hydrogen-bond donors (Lipinski definition) is 1. The van der Waals surface area contributed by atoms with Crippen LogP contribution in [-0.2, 0) is 21.4 Å². The van der Waals surface area contributed by atoms with Crippen molar-refractivity contribution < 1.29 is 17.9 Å². The Morgan fingerprint density at radius 1 is 1.10 bits per heavy atom. The monoisotopic (exact) mass is 426 g/mol. The number of nitrogens with zero attached hydrogens (tertiary/aromatic N) is 1. The number of fused-ring (bicyclic) bond motifs is 1. The van der Waals surface area contributed by atoms with Crippen molar-refractivity contribution in [1.82, 2.24) is 5.32 Å². The van der Waals surface area contributed by atoms with Crippen molar-refractivity contribution in [3.05, 3.63) is 71.8 Å². The molecule has 0 aromatic heterocycles. The quantitative estimate of drug-likeness (QED) is 0.626. The molecule has 30 heavy (non-hydrogen) atoms. The van der Waals surface area contributed by atoms with Crippen molar-refractivity contribution in [2.24, 2.45) is 0 Å². The topological polar surface area (TPSA) is 75.7 Å². The zero-order valence-electron chi connectivity index (χ0n) is 17.5. The van der Waals surface area contributed by atoms with Gasteiger partial charge in [-0.25, -0.2) is 8.42 Å². The highest BCUT2D eigenvalue weighted by Gasteiger charge is 2.31. The van der Waals surface area contributed by atoms with Gasteiger partial charge in [0.1, 0.15) is 11.8 Å². The van der Waals surface area contributed by atoms with Crippen LogP contribution in [-0.4, -0.2) is 33.7 Å². The van der Waals surface area contributed by atoms with Gasteiger partial charge in [-0.2, -0.15) is 0 Å². The molecule has 3 rings (SSSR count). The first-order valence-electron chi connectivity index (χ1n) is 9.60. The Kier molecular flexibility index (Phi) is 6.31. The van der Waals surface area contributed by atoms with Crippen molar-refractivity contribution in [3.8, 4) is 5.75 Å². The van der Waals surface area contributed by atoms with E-state index in [1.807, 2.05) is 55.5 Å². The fourth-order valence-electron chi connectivity index (χ4n) is 3.53. The molecule has 3 aromatic rings. The van der Waals surface area contributed by atoms with Gasteiger partial charge >= 0.3 is 0 Å². The molecule has 3 aromatic carbocycles. The van der Waals surface area contributed by atoms with Gasteiger partial charge in [0.05, 0.1) is 19.1 Å². The van der Waals surface area contributed by atoms with E-state index in [1.54, 1.807) is 19.1 Å². The minimum Gasteiger partial charge on any atom is -0.495 e. The summed E-state index contributed by atoms with van der Waals surface area (Å²) in [6.07, 6.45) is 1.09. The van der Waals surface area contributed by atoms with Crippen LogP contribution in [0, 0.1) is 6.92 Å². The third-order valence-corrected chi connectivity index (χ3v) is 6.22. The van der Waals surface area contributed by atoms with E-state index < -0.39 is 22.0 Å². The molecule has 0 bridgehead atoms. The highest BCUT2D eigenvalue weighted by atomic mass is 32.2. The lowest BCUT2D eigenvalue weighted by Gasteiger charge is -2.29. The fourth-order valence-corrected chi connectivity index (χ4v) is 4.70. The molecule has 0 unspecified atom stereocenters. The van der Waals surface area contributed by atoms with Crippen molar-refractivity contribution in [1.29, 1.82) is 0 Å². The van der Waals surface area contributed by atoms with E-state index >= 15 is 0 Å². The summed E-state index contributed by atoms with van der Waals surface area (Å²) in [5, 5.41) is 5.01. The molecule has 0 aliphatic rings. The molecule has 1 atom stereocenters. The number of sulfonamides is 1. The first kappa shape index (κ1) is 21.6. The summed E-state index contributed by atoms with van der Waals surface area (Å²) in [6, 6.07) is 18.1. The molecule has 158 valence electrons. The van der Waals surface area contributed by atoms with E-state index in [4.69, 9.17) is 4.74 Å². The molecule has 0 aliphatic carbocycles. The standard InChI is InChI=1S/C23H26N2O4S/c1-16-12-13-22(29-3)21(14-16)25(30(4,27)28)17(2)23(26)24-15-19-10-7-9-18-8-5-6-11-20(18)19/h5-14,17H,15H2,1-4H3,(H,24,26)/t17-/m1/s1. The van der Waals surface area contributed by atoms with Crippen LogP contribution in [0.2, 0.25) is 0 Å². The zero-order chi connectivity index (χ0) is 21.9. The molecule has 6 nitrogen and oxygen atoms in total. The molecular formula is C23H26N2O4S. The molecular weight excluding hydrogens is 400 g/mol. The van der Waals surface area contributed by atoms with Crippen LogP contribution in [0.4, 0.5) is 5.69 Å². The van der Waals surface area contributed by atoms with Gasteiger partial charge in [0.15, 0.2) is 0 Å². The van der Waals surface area contributed by atoms with E-state index in [9.17, 15) is 13.2 Å². The minimum absolute atomic E-state index is 0.299. The Labute approximate surface area is 177 Å². The van der Waals surface area contributed by atoms with Crippen molar-refractivity contribution in [2.75, 3.05) is 17.7 Å². The van der Waals surface area contributed by atoms with Crippen LogP contribution >= 0.6 is 0 Å². The summed E-state index contributed by atoms with van der Waals surface area (Å²) in [6.45, 7) is 3.73. The molecule has 7 heteroatoms. The van der Waals surface area contributed by atoms with Crippen LogP contribution < -0.4 is 14.4 Å². The normalized spacial score (nSPS) is 12.4. The average Bonchev–Trinajstić information content (AvgIpc) is 2.71. The van der Waals surface area contributed by atoms with Gasteiger partial charge in [0.25, 0.3) is 0 Å². The van der Waals surface area contributed by atoms with E-state index in [1.165, 1.54) is 7.11 Å². The summed E-state index contributed by atoms with van der Waals surface area (Å²) in [5.41, 5.74) is 2.17. The molecule has 1 amide bonds. The van der Waals surface area contributed by atoms with Crippen molar-refractivity contribution in [2.45, 2.75) is 26.4 Å². The Morgan fingerprint density at radius 2 is 1.80 bits per heavy atom. The van der Waals surface area contributed by atoms with Crippen molar-refractivity contribution >= 4 is 32.4 Å². The highest BCUT2D eigenvalue weighted by molar-refractivity contribution is 7.92. The fraction of sp³-hybridized carbons (Fsp3) is 0.261. The first-order valence-corrected chi connectivity index (χ1v) is 11.5. The van der Waals surface area contributed by atoms with Gasteiger partial charge in [-0.15, -0.1) is 0 Å². The van der Waals surface area contributed by atoms with Crippen LogP contribution in [0.5, 0.6) is 5.75 Å². The maximum absolute atomic E-state index is 12.9. The second-order valence-corrected chi connectivity index (χ2v) is 9.13. The third-order valence-electron chi connectivity index (χ3n) is 4.99. The molecule has 0 radical (unpaired) electrons. The van der Waals surface area contributed by atoms with E-state index in [0.29, 0.717) is 18.0 Å². The Bertz CT molecular complexity index is 1170. The molecule has 0 aliphatic heterocycles. The Morgan fingerprint density at radius 3 is 2.50 bits per heavy atom. The summed E-state index contributed by atoms with van der Waals surface area (Å²) in [7, 11) is -2.26. The summed E-state index contributed by atoms with van der Waals surface area (Å²) in [4.78, 5) is 12.9. The predicted molar refractivity (Wildman–Crippen MR) is 120 cm³/mol. The van der Waals surface area contributed by atoms with Gasteiger partial charge < -0.3 is 10.1 Å². The Hall–Kier alpha value is -3.06. The summed E-state index contributed by atoms with van der Waals surface area (Å²) in [5.74, 6) is -0.00310.